The van der Waals surface area contributed by atoms with Gasteiger partial charge >= 0.3 is 0 Å². The molecule has 0 aliphatic heterocycles. The van der Waals surface area contributed by atoms with Gasteiger partial charge in [0.15, 0.2) is 0 Å². The minimum absolute atomic E-state index is 0.571. The smallest absolute Gasteiger partial charge is 0.119 e. The number of nitrogens with two attached hydrogens (primary N) is 1. The van der Waals surface area contributed by atoms with Gasteiger partial charge in [0, 0.05) is 18.3 Å². The van der Waals surface area contributed by atoms with Crippen LogP contribution in [-0.2, 0) is 13.1 Å². The zero-order valence-corrected chi connectivity index (χ0v) is 11.3. The Morgan fingerprint density at radius 2 is 1.85 bits per heavy atom. The lowest BCUT2D eigenvalue weighted by Gasteiger charge is -2.08. The number of hydrogen-bond acceptors (Lipinski definition) is 2. The maximum absolute atomic E-state index is 5.74. The first-order chi connectivity index (χ1) is 9.86. The van der Waals surface area contributed by atoms with E-state index in [1.807, 2.05) is 30.3 Å². The summed E-state index contributed by atoms with van der Waals surface area (Å²) in [5, 5.41) is 1.24. The molecule has 0 saturated carbocycles. The fraction of sp³-hybridized carbons (Fsp3) is 0.176. The van der Waals surface area contributed by atoms with Crippen LogP contribution in [0.1, 0.15) is 5.56 Å². The Morgan fingerprint density at radius 3 is 2.65 bits per heavy atom. The molecule has 3 heteroatoms. The molecule has 3 rings (SSSR count). The van der Waals surface area contributed by atoms with Gasteiger partial charge in [0.05, 0.1) is 6.54 Å². The molecular formula is C17H18N2O. The average Bonchev–Trinajstić information content (AvgIpc) is 2.91. The van der Waals surface area contributed by atoms with Crippen LogP contribution in [0.4, 0.5) is 0 Å². The van der Waals surface area contributed by atoms with E-state index in [1.54, 1.807) is 0 Å². The standard InChI is InChI=1S/C17H18N2O/c18-13-14-6-7-15-8-9-19(17(15)12-14)10-11-20-16-4-2-1-3-5-16/h1-9,12H,10-11,13,18H2. The molecule has 102 valence electrons. The summed E-state index contributed by atoms with van der Waals surface area (Å²) < 4.78 is 7.95. The summed E-state index contributed by atoms with van der Waals surface area (Å²) in [5.41, 5.74) is 8.07. The van der Waals surface area contributed by atoms with Gasteiger partial charge in [0.1, 0.15) is 12.4 Å². The fourth-order valence-electron chi connectivity index (χ4n) is 2.33. The Bertz CT molecular complexity index is 689. The molecule has 0 bridgehead atoms. The number of rotatable bonds is 5. The van der Waals surface area contributed by atoms with Gasteiger partial charge in [-0.05, 0) is 35.2 Å². The summed E-state index contributed by atoms with van der Waals surface area (Å²) in [5.74, 6) is 0.909. The van der Waals surface area contributed by atoms with Gasteiger partial charge in [-0.3, -0.25) is 0 Å². The van der Waals surface area contributed by atoms with Crippen LogP contribution in [0.15, 0.2) is 60.8 Å². The predicted molar refractivity (Wildman–Crippen MR) is 81.8 cm³/mol. The highest BCUT2D eigenvalue weighted by Crippen LogP contribution is 2.18. The largest absolute Gasteiger partial charge is 0.492 e. The van der Waals surface area contributed by atoms with Crippen molar-refractivity contribution in [1.29, 1.82) is 0 Å². The van der Waals surface area contributed by atoms with E-state index in [9.17, 15) is 0 Å². The van der Waals surface area contributed by atoms with Gasteiger partial charge in [-0.2, -0.15) is 0 Å². The number of fused-ring (bicyclic) bond motifs is 1. The maximum Gasteiger partial charge on any atom is 0.119 e. The average molecular weight is 266 g/mol. The normalized spacial score (nSPS) is 10.8. The Balaban J connectivity index is 1.71. The van der Waals surface area contributed by atoms with Crippen molar-refractivity contribution >= 4 is 10.9 Å². The van der Waals surface area contributed by atoms with E-state index >= 15 is 0 Å². The summed E-state index contributed by atoms with van der Waals surface area (Å²) in [6.45, 7) is 2.05. The molecule has 0 amide bonds. The molecule has 0 unspecified atom stereocenters. The third-order valence-electron chi connectivity index (χ3n) is 3.42. The van der Waals surface area contributed by atoms with E-state index in [0.29, 0.717) is 13.2 Å². The van der Waals surface area contributed by atoms with Crippen LogP contribution in [-0.4, -0.2) is 11.2 Å². The van der Waals surface area contributed by atoms with E-state index in [1.165, 1.54) is 10.9 Å². The molecule has 0 radical (unpaired) electrons. The Morgan fingerprint density at radius 1 is 1.00 bits per heavy atom. The second-order valence-corrected chi connectivity index (χ2v) is 4.77. The number of para-hydroxylation sites is 1. The molecule has 0 saturated heterocycles. The summed E-state index contributed by atoms with van der Waals surface area (Å²) in [6, 6.07) is 18.4. The van der Waals surface area contributed by atoms with Crippen molar-refractivity contribution in [3.63, 3.8) is 0 Å². The molecule has 0 atom stereocenters. The molecule has 2 aromatic carbocycles. The number of nitrogens with zero attached hydrogens (tertiary/aromatic N) is 1. The highest BCUT2D eigenvalue weighted by atomic mass is 16.5. The van der Waals surface area contributed by atoms with Gasteiger partial charge in [-0.1, -0.05) is 30.3 Å². The minimum atomic E-state index is 0.571. The maximum atomic E-state index is 5.74. The van der Waals surface area contributed by atoms with Crippen LogP contribution in [0.3, 0.4) is 0 Å². The molecule has 20 heavy (non-hydrogen) atoms. The first kappa shape index (κ1) is 12.8. The SMILES string of the molecule is NCc1ccc2ccn(CCOc3ccccc3)c2c1. The Kier molecular flexibility index (Phi) is 3.70. The molecule has 2 N–H and O–H groups in total. The summed E-state index contributed by atoms with van der Waals surface area (Å²) in [4.78, 5) is 0. The topological polar surface area (TPSA) is 40.2 Å². The monoisotopic (exact) mass is 266 g/mol. The van der Waals surface area contributed by atoms with Crippen molar-refractivity contribution in [2.75, 3.05) is 6.61 Å². The second kappa shape index (κ2) is 5.80. The molecule has 0 aliphatic rings. The number of hydrogen-bond donors (Lipinski definition) is 1. The zero-order valence-electron chi connectivity index (χ0n) is 11.3. The van der Waals surface area contributed by atoms with Gasteiger partial charge in [-0.25, -0.2) is 0 Å². The number of aromatic nitrogens is 1. The van der Waals surface area contributed by atoms with Crippen molar-refractivity contribution in [3.8, 4) is 5.75 Å². The van der Waals surface area contributed by atoms with Crippen molar-refractivity contribution in [2.24, 2.45) is 5.73 Å². The van der Waals surface area contributed by atoms with Crippen molar-refractivity contribution in [1.82, 2.24) is 4.57 Å². The lowest BCUT2D eigenvalue weighted by Crippen LogP contribution is -2.07. The highest BCUT2D eigenvalue weighted by Gasteiger charge is 2.02. The Hall–Kier alpha value is -2.26. The minimum Gasteiger partial charge on any atom is -0.492 e. The lowest BCUT2D eigenvalue weighted by atomic mass is 10.1. The van der Waals surface area contributed by atoms with E-state index in [2.05, 4.69) is 35.0 Å². The molecule has 3 nitrogen and oxygen atoms in total. The molecule has 3 aromatic rings. The molecule has 0 fully saturated rings. The van der Waals surface area contributed by atoms with Crippen molar-refractivity contribution in [2.45, 2.75) is 13.1 Å². The molecule has 1 heterocycles. The molecular weight excluding hydrogens is 248 g/mol. The van der Waals surface area contributed by atoms with Crippen LogP contribution in [0.5, 0.6) is 5.75 Å². The van der Waals surface area contributed by atoms with Gasteiger partial charge in [0.2, 0.25) is 0 Å². The first-order valence-corrected chi connectivity index (χ1v) is 6.82. The Labute approximate surface area is 118 Å². The van der Waals surface area contributed by atoms with Gasteiger partial charge in [0.25, 0.3) is 0 Å². The van der Waals surface area contributed by atoms with Crippen LogP contribution in [0.25, 0.3) is 10.9 Å². The third-order valence-corrected chi connectivity index (χ3v) is 3.42. The van der Waals surface area contributed by atoms with Crippen molar-refractivity contribution in [3.05, 3.63) is 66.4 Å². The lowest BCUT2D eigenvalue weighted by molar-refractivity contribution is 0.300. The van der Waals surface area contributed by atoms with E-state index in [4.69, 9.17) is 10.5 Å². The van der Waals surface area contributed by atoms with E-state index in [0.717, 1.165) is 17.9 Å². The van der Waals surface area contributed by atoms with Crippen LogP contribution in [0, 0.1) is 0 Å². The predicted octanol–water partition coefficient (Wildman–Crippen LogP) is 3.18. The van der Waals surface area contributed by atoms with Crippen LogP contribution < -0.4 is 10.5 Å². The summed E-state index contributed by atoms with van der Waals surface area (Å²) >= 11 is 0. The zero-order chi connectivity index (χ0) is 13.8. The molecule has 1 aromatic heterocycles. The first-order valence-electron chi connectivity index (χ1n) is 6.82. The molecule has 0 spiro atoms. The van der Waals surface area contributed by atoms with Crippen LogP contribution in [0.2, 0.25) is 0 Å². The van der Waals surface area contributed by atoms with Gasteiger partial charge < -0.3 is 15.0 Å². The fourth-order valence-corrected chi connectivity index (χ4v) is 2.33. The van der Waals surface area contributed by atoms with E-state index in [-0.39, 0.29) is 0 Å². The quantitative estimate of drug-likeness (QED) is 0.770. The van der Waals surface area contributed by atoms with Gasteiger partial charge in [-0.15, -0.1) is 0 Å². The second-order valence-electron chi connectivity index (χ2n) is 4.77. The highest BCUT2D eigenvalue weighted by molar-refractivity contribution is 5.80. The third kappa shape index (κ3) is 2.68. The molecule has 0 aliphatic carbocycles. The van der Waals surface area contributed by atoms with Crippen molar-refractivity contribution < 1.29 is 4.74 Å². The number of benzene rings is 2. The summed E-state index contributed by atoms with van der Waals surface area (Å²) in [7, 11) is 0. The summed E-state index contributed by atoms with van der Waals surface area (Å²) in [6.07, 6.45) is 2.10. The number of ether oxygens (including phenoxy) is 1. The van der Waals surface area contributed by atoms with Crippen LogP contribution >= 0.6 is 0 Å². The van der Waals surface area contributed by atoms with E-state index < -0.39 is 0 Å².